The summed E-state index contributed by atoms with van der Waals surface area (Å²) in [5.74, 6) is -0.0990. The minimum absolute atomic E-state index is 0.250. The van der Waals surface area contributed by atoms with Crippen molar-refractivity contribution in [3.8, 4) is 5.75 Å². The second-order valence-electron chi connectivity index (χ2n) is 4.07. The molecule has 94 valence electrons. The van der Waals surface area contributed by atoms with Gasteiger partial charge >= 0.3 is 0 Å². The van der Waals surface area contributed by atoms with Gasteiger partial charge in [-0.2, -0.15) is 0 Å². The van der Waals surface area contributed by atoms with Crippen LogP contribution in [0.1, 0.15) is 5.56 Å². The van der Waals surface area contributed by atoms with Gasteiger partial charge in [-0.1, -0.05) is 11.6 Å². The minimum Gasteiger partial charge on any atom is -0.494 e. The highest BCUT2D eigenvalue weighted by atomic mass is 35.5. The van der Waals surface area contributed by atoms with Crippen LogP contribution < -0.4 is 10.1 Å². The molecule has 17 heavy (non-hydrogen) atoms. The van der Waals surface area contributed by atoms with Gasteiger partial charge in [0.1, 0.15) is 0 Å². The number of hydrogen-bond donors (Lipinski definition) is 1. The lowest BCUT2D eigenvalue weighted by atomic mass is 10.1. The van der Waals surface area contributed by atoms with Crippen molar-refractivity contribution in [3.63, 3.8) is 0 Å². The highest BCUT2D eigenvalue weighted by Crippen LogP contribution is 2.28. The molecule has 1 aliphatic rings. The van der Waals surface area contributed by atoms with Gasteiger partial charge in [0.05, 0.1) is 7.11 Å². The average molecular weight is 259 g/mol. The number of hydrogen-bond acceptors (Lipinski definition) is 3. The Kier molecular flexibility index (Phi) is 4.20. The Labute approximate surface area is 106 Å². The van der Waals surface area contributed by atoms with E-state index in [4.69, 9.17) is 16.3 Å². The quantitative estimate of drug-likeness (QED) is 0.896. The van der Waals surface area contributed by atoms with E-state index >= 15 is 0 Å². The Morgan fingerprint density at radius 2 is 2.12 bits per heavy atom. The fourth-order valence-corrected chi connectivity index (χ4v) is 2.18. The molecule has 0 atom stereocenters. The maximum atomic E-state index is 14.0. The summed E-state index contributed by atoms with van der Waals surface area (Å²) in [6.45, 7) is 4.22. The molecule has 0 unspecified atom stereocenters. The van der Waals surface area contributed by atoms with Gasteiger partial charge in [0.2, 0.25) is 0 Å². The first-order valence-corrected chi connectivity index (χ1v) is 6.04. The van der Waals surface area contributed by atoms with Crippen LogP contribution in [-0.2, 0) is 6.54 Å². The molecule has 1 aromatic rings. The van der Waals surface area contributed by atoms with Gasteiger partial charge in [0.15, 0.2) is 11.6 Å². The summed E-state index contributed by atoms with van der Waals surface area (Å²) in [4.78, 5) is 2.18. The summed E-state index contributed by atoms with van der Waals surface area (Å²) < 4.78 is 19.0. The SMILES string of the molecule is COc1ccc(Cl)c(CN2CCNCC2)c1F. The van der Waals surface area contributed by atoms with Crippen LogP contribution >= 0.6 is 11.6 Å². The lowest BCUT2D eigenvalue weighted by molar-refractivity contribution is 0.229. The Balaban J connectivity index is 2.18. The van der Waals surface area contributed by atoms with Crippen LogP contribution in [0.2, 0.25) is 5.02 Å². The Morgan fingerprint density at radius 3 is 2.76 bits per heavy atom. The molecule has 0 aliphatic carbocycles. The summed E-state index contributed by atoms with van der Waals surface area (Å²) >= 11 is 6.04. The molecule has 0 radical (unpaired) electrons. The van der Waals surface area contributed by atoms with Crippen molar-refractivity contribution >= 4 is 11.6 Å². The molecule has 3 nitrogen and oxygen atoms in total. The van der Waals surface area contributed by atoms with E-state index in [2.05, 4.69) is 10.2 Å². The van der Waals surface area contributed by atoms with E-state index in [1.165, 1.54) is 7.11 Å². The molecule has 0 amide bonds. The molecule has 0 bridgehead atoms. The average Bonchev–Trinajstić information content (AvgIpc) is 2.36. The predicted molar refractivity (Wildman–Crippen MR) is 66.1 cm³/mol. The number of piperazine rings is 1. The zero-order valence-electron chi connectivity index (χ0n) is 9.80. The number of benzene rings is 1. The number of methoxy groups -OCH3 is 1. The molecular formula is C12H16ClFN2O. The lowest BCUT2D eigenvalue weighted by Gasteiger charge is -2.27. The summed E-state index contributed by atoms with van der Waals surface area (Å²) in [5, 5.41) is 3.72. The smallest absolute Gasteiger partial charge is 0.171 e. The van der Waals surface area contributed by atoms with Crippen LogP contribution in [0.4, 0.5) is 4.39 Å². The van der Waals surface area contributed by atoms with Crippen molar-refractivity contribution in [1.82, 2.24) is 10.2 Å². The van der Waals surface area contributed by atoms with E-state index in [1.54, 1.807) is 12.1 Å². The normalized spacial score (nSPS) is 17.1. The van der Waals surface area contributed by atoms with Crippen LogP contribution in [0.25, 0.3) is 0 Å². The highest BCUT2D eigenvalue weighted by Gasteiger charge is 2.17. The largest absolute Gasteiger partial charge is 0.494 e. The van der Waals surface area contributed by atoms with Gasteiger partial charge in [-0.3, -0.25) is 4.90 Å². The van der Waals surface area contributed by atoms with Gasteiger partial charge in [-0.05, 0) is 12.1 Å². The third-order valence-corrected chi connectivity index (χ3v) is 3.32. The second-order valence-corrected chi connectivity index (χ2v) is 4.48. The molecule has 1 aliphatic heterocycles. The zero-order valence-corrected chi connectivity index (χ0v) is 10.6. The number of nitrogens with zero attached hydrogens (tertiary/aromatic N) is 1. The molecule has 0 spiro atoms. The zero-order chi connectivity index (χ0) is 12.3. The summed E-state index contributed by atoms with van der Waals surface area (Å²) in [5.41, 5.74) is 0.521. The van der Waals surface area contributed by atoms with Crippen LogP contribution in [0.5, 0.6) is 5.75 Å². The summed E-state index contributed by atoms with van der Waals surface area (Å²) in [6, 6.07) is 3.24. The molecular weight excluding hydrogens is 243 g/mol. The van der Waals surface area contributed by atoms with Crippen LogP contribution in [-0.4, -0.2) is 38.2 Å². The number of nitrogens with one attached hydrogen (secondary N) is 1. The maximum Gasteiger partial charge on any atom is 0.171 e. The van der Waals surface area contributed by atoms with Crippen LogP contribution in [0.15, 0.2) is 12.1 Å². The summed E-state index contributed by atoms with van der Waals surface area (Å²) in [6.07, 6.45) is 0. The molecule has 1 N–H and O–H groups in total. The fraction of sp³-hybridized carbons (Fsp3) is 0.500. The molecule has 5 heteroatoms. The van der Waals surface area contributed by atoms with Crippen molar-refractivity contribution in [2.24, 2.45) is 0 Å². The van der Waals surface area contributed by atoms with Crippen molar-refractivity contribution < 1.29 is 9.13 Å². The van der Waals surface area contributed by atoms with Gasteiger partial charge in [-0.15, -0.1) is 0 Å². The van der Waals surface area contributed by atoms with Crippen molar-refractivity contribution in [1.29, 1.82) is 0 Å². The van der Waals surface area contributed by atoms with Crippen LogP contribution in [0.3, 0.4) is 0 Å². The van der Waals surface area contributed by atoms with Gasteiger partial charge < -0.3 is 10.1 Å². The van der Waals surface area contributed by atoms with E-state index in [1.807, 2.05) is 0 Å². The number of rotatable bonds is 3. The second kappa shape index (κ2) is 5.67. The first kappa shape index (κ1) is 12.6. The molecule has 0 aromatic heterocycles. The molecule has 1 saturated heterocycles. The monoisotopic (exact) mass is 258 g/mol. The van der Waals surface area contributed by atoms with E-state index in [-0.39, 0.29) is 11.6 Å². The maximum absolute atomic E-state index is 14.0. The standard InChI is InChI=1S/C12H16ClFN2O/c1-17-11-3-2-10(13)9(12(11)14)8-16-6-4-15-5-7-16/h2-3,15H,4-8H2,1H3. The Morgan fingerprint density at radius 1 is 1.41 bits per heavy atom. The van der Waals surface area contributed by atoms with Crippen molar-refractivity contribution in [3.05, 3.63) is 28.5 Å². The van der Waals surface area contributed by atoms with E-state index in [9.17, 15) is 4.39 Å². The van der Waals surface area contributed by atoms with E-state index in [0.29, 0.717) is 17.1 Å². The third-order valence-electron chi connectivity index (χ3n) is 2.96. The minimum atomic E-state index is -0.349. The Hall–Kier alpha value is -0.840. The Bertz CT molecular complexity index is 394. The molecule has 2 rings (SSSR count). The first-order valence-electron chi connectivity index (χ1n) is 5.66. The lowest BCUT2D eigenvalue weighted by Crippen LogP contribution is -2.43. The molecule has 1 fully saturated rings. The molecule has 0 saturated carbocycles. The van der Waals surface area contributed by atoms with Gasteiger partial charge in [0.25, 0.3) is 0 Å². The summed E-state index contributed by atoms with van der Waals surface area (Å²) in [7, 11) is 1.46. The topological polar surface area (TPSA) is 24.5 Å². The fourth-order valence-electron chi connectivity index (χ4n) is 1.97. The first-order chi connectivity index (χ1) is 8.22. The highest BCUT2D eigenvalue weighted by molar-refractivity contribution is 6.31. The van der Waals surface area contributed by atoms with Gasteiger partial charge in [0, 0.05) is 43.3 Å². The van der Waals surface area contributed by atoms with Crippen molar-refractivity contribution in [2.75, 3.05) is 33.3 Å². The van der Waals surface area contributed by atoms with Gasteiger partial charge in [-0.25, -0.2) is 4.39 Å². The van der Waals surface area contributed by atoms with E-state index in [0.717, 1.165) is 26.2 Å². The van der Waals surface area contributed by atoms with E-state index < -0.39 is 0 Å². The van der Waals surface area contributed by atoms with Crippen LogP contribution in [0, 0.1) is 5.82 Å². The number of ether oxygens (including phenoxy) is 1. The third kappa shape index (κ3) is 2.89. The molecule has 1 heterocycles. The van der Waals surface area contributed by atoms with Crippen molar-refractivity contribution in [2.45, 2.75) is 6.54 Å². The number of halogens is 2. The predicted octanol–water partition coefficient (Wildman–Crippen LogP) is 1.89. The molecule has 1 aromatic carbocycles.